The molecule has 1 aliphatic heterocycles. The molecule has 1 saturated heterocycles. The molecule has 0 radical (unpaired) electrons. The molecule has 0 aliphatic carbocycles. The molecule has 2 heterocycles. The lowest BCUT2D eigenvalue weighted by Gasteiger charge is -2.26. The minimum Gasteiger partial charge on any atom is -0.339 e. The van der Waals surface area contributed by atoms with Crippen LogP contribution in [-0.4, -0.2) is 34.4 Å². The molecule has 118 valence electrons. The maximum absolute atomic E-state index is 12.9. The summed E-state index contributed by atoms with van der Waals surface area (Å²) in [6, 6.07) is 10.0. The predicted octanol–water partition coefficient (Wildman–Crippen LogP) is 2.38. The summed E-state index contributed by atoms with van der Waals surface area (Å²) in [6.45, 7) is 3.96. The number of hydrogen-bond acceptors (Lipinski definition) is 3. The fourth-order valence-corrected chi connectivity index (χ4v) is 5.29. The summed E-state index contributed by atoms with van der Waals surface area (Å²) in [4.78, 5) is 4.03. The molecule has 1 aromatic carbocycles. The van der Waals surface area contributed by atoms with Crippen LogP contribution >= 0.6 is 0 Å². The van der Waals surface area contributed by atoms with Gasteiger partial charge < -0.3 is 4.57 Å². The van der Waals surface area contributed by atoms with Crippen LogP contribution in [-0.2, 0) is 17.1 Å². The Bertz CT molecular complexity index is 755. The molecular weight excluding hydrogens is 298 g/mol. The first-order valence-electron chi connectivity index (χ1n) is 7.47. The minimum absolute atomic E-state index is 0.0350. The molecule has 0 N–H and O–H groups in total. The van der Waals surface area contributed by atoms with Gasteiger partial charge in [-0.2, -0.15) is 4.31 Å². The van der Waals surface area contributed by atoms with Crippen LogP contribution in [0.3, 0.4) is 0 Å². The lowest BCUT2D eigenvalue weighted by Crippen LogP contribution is -2.39. The van der Waals surface area contributed by atoms with E-state index in [0.717, 1.165) is 6.42 Å². The molecule has 0 amide bonds. The maximum Gasteiger partial charge on any atom is 0.262 e. The van der Waals surface area contributed by atoms with Crippen molar-refractivity contribution in [1.29, 1.82) is 0 Å². The highest BCUT2D eigenvalue weighted by molar-refractivity contribution is 7.89. The summed E-state index contributed by atoms with van der Waals surface area (Å²) in [7, 11) is -1.78. The number of imidazole rings is 1. The van der Waals surface area contributed by atoms with Gasteiger partial charge in [-0.15, -0.1) is 0 Å². The Kier molecular flexibility index (Phi) is 3.82. The fraction of sp³-hybridized carbons (Fsp3) is 0.438. The first-order valence-corrected chi connectivity index (χ1v) is 8.91. The second-order valence-corrected chi connectivity index (χ2v) is 7.84. The molecular formula is C16H21N3O2S. The second kappa shape index (κ2) is 5.52. The number of nitrogens with zero attached hydrogens (tertiary/aromatic N) is 3. The highest BCUT2D eigenvalue weighted by Crippen LogP contribution is 2.40. The number of benzene rings is 1. The molecule has 1 aromatic heterocycles. The smallest absolute Gasteiger partial charge is 0.262 e. The van der Waals surface area contributed by atoms with E-state index in [2.05, 4.69) is 17.1 Å². The van der Waals surface area contributed by atoms with Gasteiger partial charge in [0.2, 0.25) is 0 Å². The van der Waals surface area contributed by atoms with Gasteiger partial charge in [0.1, 0.15) is 0 Å². The van der Waals surface area contributed by atoms with Gasteiger partial charge in [-0.25, -0.2) is 13.4 Å². The zero-order chi connectivity index (χ0) is 15.9. The molecule has 2 aromatic rings. The van der Waals surface area contributed by atoms with Crippen LogP contribution in [0, 0.1) is 0 Å². The number of rotatable bonds is 3. The number of sulfonamides is 1. The Hall–Kier alpha value is -1.66. The molecule has 5 nitrogen and oxygen atoms in total. The average Bonchev–Trinajstić information content (AvgIpc) is 3.04. The van der Waals surface area contributed by atoms with E-state index >= 15 is 0 Å². The Balaban J connectivity index is 1.95. The molecule has 3 rings (SSSR count). The van der Waals surface area contributed by atoms with Gasteiger partial charge >= 0.3 is 0 Å². The molecule has 1 aliphatic rings. The van der Waals surface area contributed by atoms with E-state index in [1.807, 2.05) is 32.0 Å². The minimum atomic E-state index is -3.56. The number of aryl methyl sites for hydroxylation is 1. The van der Waals surface area contributed by atoms with Crippen LogP contribution < -0.4 is 0 Å². The second-order valence-electron chi connectivity index (χ2n) is 6.05. The Morgan fingerprint density at radius 3 is 2.45 bits per heavy atom. The summed E-state index contributed by atoms with van der Waals surface area (Å²) in [5.74, 6) is 0.217. The van der Waals surface area contributed by atoms with Gasteiger partial charge in [0.05, 0.1) is 6.33 Å². The van der Waals surface area contributed by atoms with Gasteiger partial charge in [-0.05, 0) is 25.8 Å². The highest BCUT2D eigenvalue weighted by Gasteiger charge is 2.44. The van der Waals surface area contributed by atoms with E-state index in [1.54, 1.807) is 22.1 Å². The van der Waals surface area contributed by atoms with Crippen LogP contribution in [0.2, 0.25) is 0 Å². The summed E-state index contributed by atoms with van der Waals surface area (Å²) < 4.78 is 29.1. The molecule has 0 bridgehead atoms. The van der Waals surface area contributed by atoms with Crippen molar-refractivity contribution in [1.82, 2.24) is 13.9 Å². The zero-order valence-electron chi connectivity index (χ0n) is 13.0. The predicted molar refractivity (Wildman–Crippen MR) is 85.0 cm³/mol. The summed E-state index contributed by atoms with van der Waals surface area (Å²) in [6.07, 6.45) is 3.91. The van der Waals surface area contributed by atoms with E-state index < -0.39 is 10.0 Å². The van der Waals surface area contributed by atoms with Gasteiger partial charge in [0, 0.05) is 31.2 Å². The van der Waals surface area contributed by atoms with Crippen molar-refractivity contribution in [3.63, 3.8) is 0 Å². The van der Waals surface area contributed by atoms with Crippen molar-refractivity contribution < 1.29 is 8.42 Å². The molecule has 22 heavy (non-hydrogen) atoms. The lowest BCUT2D eigenvalue weighted by atomic mass is 9.92. The number of hydrogen-bond donors (Lipinski definition) is 0. The molecule has 0 saturated carbocycles. The van der Waals surface area contributed by atoms with Gasteiger partial charge in [0.25, 0.3) is 10.0 Å². The van der Waals surface area contributed by atoms with Gasteiger partial charge in [0.15, 0.2) is 5.03 Å². The number of aromatic nitrogens is 2. The average molecular weight is 319 g/mol. The zero-order valence-corrected chi connectivity index (χ0v) is 13.9. The normalized spacial score (nSPS) is 26.4. The summed E-state index contributed by atoms with van der Waals surface area (Å²) in [5, 5.41) is 0.127. The lowest BCUT2D eigenvalue weighted by molar-refractivity contribution is 0.342. The Morgan fingerprint density at radius 1 is 1.18 bits per heavy atom. The molecule has 0 spiro atoms. The van der Waals surface area contributed by atoms with Crippen LogP contribution in [0.5, 0.6) is 0 Å². The van der Waals surface area contributed by atoms with Crippen molar-refractivity contribution in [2.24, 2.45) is 7.05 Å². The quantitative estimate of drug-likeness (QED) is 0.873. The fourth-order valence-electron chi connectivity index (χ4n) is 3.45. The molecule has 3 atom stereocenters. The van der Waals surface area contributed by atoms with Crippen LogP contribution in [0.25, 0.3) is 0 Å². The van der Waals surface area contributed by atoms with E-state index in [-0.39, 0.29) is 23.0 Å². The Morgan fingerprint density at radius 2 is 1.86 bits per heavy atom. The van der Waals surface area contributed by atoms with Crippen molar-refractivity contribution in [2.75, 3.05) is 0 Å². The maximum atomic E-state index is 12.9. The highest BCUT2D eigenvalue weighted by atomic mass is 32.2. The first-order chi connectivity index (χ1) is 10.4. The topological polar surface area (TPSA) is 55.2 Å². The van der Waals surface area contributed by atoms with E-state index in [0.29, 0.717) is 0 Å². The standard InChI is InChI=1S/C16H21N3O2S/c1-12-9-15(14-7-5-4-6-8-14)13(2)19(12)22(20,21)16-10-18(3)11-17-16/h4-8,10-13,15H,9H2,1-3H3/t12-,13+,15+/m1/s1. The summed E-state index contributed by atoms with van der Waals surface area (Å²) >= 11 is 0. The third-order valence-corrected chi connectivity index (χ3v) is 6.45. The SMILES string of the molecule is C[C@@H]1C[C@H](c2ccccc2)[C@H](C)N1S(=O)(=O)c1cn(C)cn1. The summed E-state index contributed by atoms with van der Waals surface area (Å²) in [5.41, 5.74) is 1.19. The van der Waals surface area contributed by atoms with Gasteiger partial charge in [-0.3, -0.25) is 0 Å². The van der Waals surface area contributed by atoms with E-state index in [1.165, 1.54) is 11.9 Å². The molecule has 0 unspecified atom stereocenters. The van der Waals surface area contributed by atoms with Crippen molar-refractivity contribution in [3.8, 4) is 0 Å². The van der Waals surface area contributed by atoms with Crippen molar-refractivity contribution >= 4 is 10.0 Å². The van der Waals surface area contributed by atoms with Crippen LogP contribution in [0.4, 0.5) is 0 Å². The molecule has 6 heteroatoms. The third-order valence-electron chi connectivity index (χ3n) is 4.46. The first kappa shape index (κ1) is 15.2. The van der Waals surface area contributed by atoms with E-state index in [9.17, 15) is 8.42 Å². The van der Waals surface area contributed by atoms with Gasteiger partial charge in [-0.1, -0.05) is 30.3 Å². The molecule has 1 fully saturated rings. The third kappa shape index (κ3) is 2.46. The van der Waals surface area contributed by atoms with Crippen LogP contribution in [0.1, 0.15) is 31.7 Å². The van der Waals surface area contributed by atoms with E-state index in [4.69, 9.17) is 0 Å². The largest absolute Gasteiger partial charge is 0.339 e. The van der Waals surface area contributed by atoms with Crippen molar-refractivity contribution in [2.45, 2.75) is 43.3 Å². The Labute approximate surface area is 131 Å². The van der Waals surface area contributed by atoms with Crippen molar-refractivity contribution in [3.05, 3.63) is 48.4 Å². The monoisotopic (exact) mass is 319 g/mol. The van der Waals surface area contributed by atoms with Crippen LogP contribution in [0.15, 0.2) is 47.9 Å².